The van der Waals surface area contributed by atoms with E-state index in [0.717, 1.165) is 0 Å². The van der Waals surface area contributed by atoms with Gasteiger partial charge in [-0.3, -0.25) is 19.2 Å². The molecule has 2 fully saturated rings. The number of likely N-dealkylation sites (tertiary alicyclic amines) is 1. The molecular formula is C41H42BrN3O8. The molecule has 0 unspecified atom stereocenters. The summed E-state index contributed by atoms with van der Waals surface area (Å²) in [5.74, 6) is -3.49. The molecule has 8 atom stereocenters. The molecular weight excluding hydrogens is 742 g/mol. The van der Waals surface area contributed by atoms with Gasteiger partial charge in [0.25, 0.3) is 5.91 Å². The number of hydrogen-bond donors (Lipinski definition) is 1. The maximum Gasteiger partial charge on any atom is 0.313 e. The van der Waals surface area contributed by atoms with E-state index < -0.39 is 72.2 Å². The fourth-order valence-electron chi connectivity index (χ4n) is 8.21. The largest absolute Gasteiger partial charge is 0.497 e. The van der Waals surface area contributed by atoms with E-state index in [4.69, 9.17) is 14.2 Å². The summed E-state index contributed by atoms with van der Waals surface area (Å²) in [4.78, 5) is 63.1. The molecule has 53 heavy (non-hydrogen) atoms. The third-order valence-corrected chi connectivity index (χ3v) is 11.7. The van der Waals surface area contributed by atoms with Crippen LogP contribution in [0, 0.1) is 11.8 Å². The molecule has 7 rings (SSSR count). The lowest BCUT2D eigenvalue weighted by Gasteiger charge is -2.38. The molecule has 0 aliphatic carbocycles. The van der Waals surface area contributed by atoms with Crippen LogP contribution in [0.1, 0.15) is 43.0 Å². The SMILES string of the molecule is COc1ccc(N2C/C=C\CCC(=O)N(C)[C@@H](C)[C@H](c3ccccc3)OC(=O)[C@H]3[C@@H]4O[C@@]5(C=C4Br)[C@@H]3C(=O)N([C@H](CO)c3ccccc3)[C@@H]5C2=O)cc1. The van der Waals surface area contributed by atoms with Gasteiger partial charge in [0, 0.05) is 30.2 Å². The highest BCUT2D eigenvalue weighted by Gasteiger charge is 2.75. The Labute approximate surface area is 316 Å². The number of hydrogen-bond acceptors (Lipinski definition) is 8. The number of fused-ring (bicyclic) bond motifs is 2. The van der Waals surface area contributed by atoms with Crippen LogP contribution in [0.15, 0.2) is 108 Å². The van der Waals surface area contributed by atoms with Crippen LogP contribution in [-0.4, -0.2) is 89.7 Å². The number of nitrogens with zero attached hydrogens (tertiary/aromatic N) is 3. The summed E-state index contributed by atoms with van der Waals surface area (Å²) in [5, 5.41) is 11.0. The average molecular weight is 785 g/mol. The first kappa shape index (κ1) is 36.6. The Kier molecular flexibility index (Phi) is 10.3. The number of allylic oxidation sites excluding steroid dienone is 1. The minimum Gasteiger partial charge on any atom is -0.497 e. The van der Waals surface area contributed by atoms with Crippen molar-refractivity contribution in [3.63, 3.8) is 0 Å². The van der Waals surface area contributed by atoms with Gasteiger partial charge in [0.15, 0.2) is 0 Å². The lowest BCUT2D eigenvalue weighted by atomic mass is 9.74. The quantitative estimate of drug-likeness (QED) is 0.270. The summed E-state index contributed by atoms with van der Waals surface area (Å²) in [6.45, 7) is 1.45. The molecule has 4 aliphatic heterocycles. The van der Waals surface area contributed by atoms with Gasteiger partial charge in [-0.05, 0) is 54.8 Å². The molecule has 3 aromatic rings. The van der Waals surface area contributed by atoms with E-state index in [1.54, 1.807) is 78.6 Å². The van der Waals surface area contributed by atoms with Crippen LogP contribution < -0.4 is 9.64 Å². The Morgan fingerprint density at radius 2 is 1.60 bits per heavy atom. The van der Waals surface area contributed by atoms with Gasteiger partial charge in [0.2, 0.25) is 11.8 Å². The van der Waals surface area contributed by atoms with E-state index in [-0.39, 0.29) is 18.9 Å². The first-order valence-electron chi connectivity index (χ1n) is 17.8. The van der Waals surface area contributed by atoms with Crippen molar-refractivity contribution in [2.24, 2.45) is 11.8 Å². The average Bonchev–Trinajstić information content (AvgIpc) is 3.78. The normalized spacial score (nSPS) is 30.2. The second-order valence-electron chi connectivity index (χ2n) is 13.9. The smallest absolute Gasteiger partial charge is 0.313 e. The first-order valence-corrected chi connectivity index (χ1v) is 18.6. The van der Waals surface area contributed by atoms with Crippen molar-refractivity contribution in [1.29, 1.82) is 0 Å². The van der Waals surface area contributed by atoms with Gasteiger partial charge in [-0.25, -0.2) is 0 Å². The van der Waals surface area contributed by atoms with Crippen LogP contribution in [0.4, 0.5) is 5.69 Å². The number of benzene rings is 3. The number of carbonyl (C=O) groups is 4. The van der Waals surface area contributed by atoms with E-state index >= 15 is 9.59 Å². The Hall–Kier alpha value is -4.78. The lowest BCUT2D eigenvalue weighted by molar-refractivity contribution is -0.164. The van der Waals surface area contributed by atoms with Crippen LogP contribution in [0.2, 0.25) is 0 Å². The van der Waals surface area contributed by atoms with Gasteiger partial charge in [-0.1, -0.05) is 88.7 Å². The summed E-state index contributed by atoms with van der Waals surface area (Å²) in [6.07, 6.45) is 4.25. The zero-order valence-corrected chi connectivity index (χ0v) is 31.3. The van der Waals surface area contributed by atoms with E-state index in [9.17, 15) is 14.7 Å². The predicted octanol–water partition coefficient (Wildman–Crippen LogP) is 5.12. The Bertz CT molecular complexity index is 1920. The zero-order valence-electron chi connectivity index (χ0n) is 29.7. The van der Waals surface area contributed by atoms with Crippen LogP contribution in [0.25, 0.3) is 0 Å². The highest BCUT2D eigenvalue weighted by atomic mass is 79.9. The van der Waals surface area contributed by atoms with Crippen molar-refractivity contribution in [2.45, 2.75) is 55.7 Å². The second kappa shape index (κ2) is 14.9. The van der Waals surface area contributed by atoms with Crippen molar-refractivity contribution in [1.82, 2.24) is 9.80 Å². The molecule has 5 bridgehead atoms. The van der Waals surface area contributed by atoms with Crippen molar-refractivity contribution in [2.75, 3.05) is 32.2 Å². The first-order chi connectivity index (χ1) is 25.6. The van der Waals surface area contributed by atoms with Gasteiger partial charge in [-0.2, -0.15) is 0 Å². The Balaban J connectivity index is 1.40. The number of amides is 3. The van der Waals surface area contributed by atoms with Gasteiger partial charge in [-0.15, -0.1) is 0 Å². The molecule has 12 heteroatoms. The van der Waals surface area contributed by atoms with Crippen molar-refractivity contribution in [3.05, 3.63) is 119 Å². The molecule has 0 aromatic heterocycles. The molecule has 4 aliphatic rings. The zero-order chi connectivity index (χ0) is 37.4. The summed E-state index contributed by atoms with van der Waals surface area (Å²) in [7, 11) is 3.24. The van der Waals surface area contributed by atoms with Crippen LogP contribution in [0.3, 0.4) is 0 Å². The number of esters is 1. The molecule has 1 spiro atoms. The van der Waals surface area contributed by atoms with E-state index in [2.05, 4.69) is 15.9 Å². The highest BCUT2D eigenvalue weighted by Crippen LogP contribution is 2.60. The number of cyclic esters (lactones) is 1. The summed E-state index contributed by atoms with van der Waals surface area (Å²) in [6, 6.07) is 22.5. The van der Waals surface area contributed by atoms with Gasteiger partial charge in [0.1, 0.15) is 35.5 Å². The van der Waals surface area contributed by atoms with Crippen molar-refractivity contribution < 1.29 is 38.5 Å². The number of aliphatic hydroxyl groups excluding tert-OH is 1. The topological polar surface area (TPSA) is 126 Å². The molecule has 0 radical (unpaired) electrons. The number of halogens is 1. The standard InChI is InChI=1S/C41H42BrN3O8/c1-25-35(27-15-9-5-10-16-27)52-40(50)33-34-38(48)45(31(24-46)26-13-7-4-8-14-26)37(41(34)23-30(42)36(33)53-41)39(49)44(28-18-20-29(51-3)21-19-28)22-12-6-11-17-32(47)43(25)2/h4-10,12-16,18-21,23,25,31,33-37,46H,11,17,22,24H2,1-3H3/b12-6-/t25-,31+,33+,34-,35+,36+,37+,41-/m0/s1. The number of methoxy groups -OCH3 is 1. The number of likely N-dealkylation sites (N-methyl/N-ethyl adjacent to an activating group) is 1. The maximum absolute atomic E-state index is 15.3. The molecule has 3 amide bonds. The summed E-state index contributed by atoms with van der Waals surface area (Å²) in [5.41, 5.74) is 0.268. The number of rotatable bonds is 6. The van der Waals surface area contributed by atoms with Crippen LogP contribution in [0.5, 0.6) is 5.75 Å². The molecule has 4 heterocycles. The van der Waals surface area contributed by atoms with Gasteiger partial charge >= 0.3 is 5.97 Å². The van der Waals surface area contributed by atoms with Crippen molar-refractivity contribution >= 4 is 45.3 Å². The monoisotopic (exact) mass is 783 g/mol. The fourth-order valence-corrected chi connectivity index (χ4v) is 8.94. The van der Waals surface area contributed by atoms with Crippen LogP contribution >= 0.6 is 15.9 Å². The molecule has 276 valence electrons. The number of anilines is 1. The fraction of sp³-hybridized carbons (Fsp3) is 0.366. The van der Waals surface area contributed by atoms with Gasteiger partial charge in [0.05, 0.1) is 31.7 Å². The van der Waals surface area contributed by atoms with Gasteiger partial charge < -0.3 is 34.0 Å². The van der Waals surface area contributed by atoms with Crippen LogP contribution in [-0.2, 0) is 28.7 Å². The number of ether oxygens (including phenoxy) is 3. The molecule has 1 N–H and O–H groups in total. The van der Waals surface area contributed by atoms with E-state index in [0.29, 0.717) is 33.5 Å². The summed E-state index contributed by atoms with van der Waals surface area (Å²) < 4.78 is 19.0. The molecule has 3 aromatic carbocycles. The minimum absolute atomic E-state index is 0.107. The lowest BCUT2D eigenvalue weighted by Crippen LogP contribution is -2.57. The molecule has 11 nitrogen and oxygen atoms in total. The number of carbonyl (C=O) groups excluding carboxylic acids is 4. The Morgan fingerprint density at radius 1 is 0.925 bits per heavy atom. The third-order valence-electron chi connectivity index (χ3n) is 11.0. The minimum atomic E-state index is -1.58. The highest BCUT2D eigenvalue weighted by molar-refractivity contribution is 9.11. The van der Waals surface area contributed by atoms with E-state index in [1.165, 1.54) is 4.90 Å². The maximum atomic E-state index is 15.3. The van der Waals surface area contributed by atoms with Crippen molar-refractivity contribution in [3.8, 4) is 5.75 Å². The van der Waals surface area contributed by atoms with E-state index in [1.807, 2.05) is 55.5 Å². The second-order valence-corrected chi connectivity index (χ2v) is 14.8. The molecule has 2 saturated heterocycles. The molecule has 0 saturated carbocycles. The summed E-state index contributed by atoms with van der Waals surface area (Å²) >= 11 is 3.63. The Morgan fingerprint density at radius 3 is 2.26 bits per heavy atom. The number of aliphatic hydroxyl groups is 1. The predicted molar refractivity (Wildman–Crippen MR) is 200 cm³/mol. The third kappa shape index (κ3) is 6.36.